The average Bonchev–Trinajstić information content (AvgIpc) is 2.36. The second-order valence-corrected chi connectivity index (χ2v) is 5.20. The van der Waals surface area contributed by atoms with Crippen LogP contribution < -0.4 is 5.32 Å². The molecule has 4 heteroatoms. The smallest absolute Gasteiger partial charge is 0.0595 e. The highest BCUT2D eigenvalue weighted by atomic mass is 35.5. The predicted molar refractivity (Wildman–Crippen MR) is 73.9 cm³/mol. The summed E-state index contributed by atoms with van der Waals surface area (Å²) in [6, 6.07) is 6.43. The van der Waals surface area contributed by atoms with Crippen LogP contribution in [-0.2, 0) is 0 Å². The van der Waals surface area contributed by atoms with E-state index in [1.165, 1.54) is 5.56 Å². The highest BCUT2D eigenvalue weighted by molar-refractivity contribution is 6.42. The predicted octanol–water partition coefficient (Wildman–Crippen LogP) is 3.35. The first kappa shape index (κ1) is 13.2. The Kier molecular flexibility index (Phi) is 4.69. The third-order valence-electron chi connectivity index (χ3n) is 3.31. The molecule has 17 heavy (non-hydrogen) atoms. The maximum Gasteiger partial charge on any atom is 0.0595 e. The minimum atomic E-state index is 0.451. The van der Waals surface area contributed by atoms with E-state index in [9.17, 15) is 0 Å². The van der Waals surface area contributed by atoms with E-state index < -0.39 is 0 Å². The number of nitrogens with zero attached hydrogens (tertiary/aromatic N) is 1. The Bertz CT molecular complexity index is 376. The third-order valence-corrected chi connectivity index (χ3v) is 4.05. The molecule has 1 saturated heterocycles. The average molecular weight is 273 g/mol. The Morgan fingerprint density at radius 2 is 1.94 bits per heavy atom. The van der Waals surface area contributed by atoms with Gasteiger partial charge in [0.2, 0.25) is 0 Å². The van der Waals surface area contributed by atoms with Crippen LogP contribution >= 0.6 is 23.2 Å². The van der Waals surface area contributed by atoms with Crippen molar-refractivity contribution in [3.63, 3.8) is 0 Å². The lowest BCUT2D eigenvalue weighted by atomic mass is 10.0. The van der Waals surface area contributed by atoms with Gasteiger partial charge in [-0.3, -0.25) is 4.90 Å². The SMILES string of the molecule is CC[C@@H](c1ccc(Cl)c(Cl)c1)N1CCNCC1. The zero-order valence-electron chi connectivity index (χ0n) is 10.0. The van der Waals surface area contributed by atoms with E-state index >= 15 is 0 Å². The van der Waals surface area contributed by atoms with Gasteiger partial charge >= 0.3 is 0 Å². The second-order valence-electron chi connectivity index (χ2n) is 4.38. The van der Waals surface area contributed by atoms with Gasteiger partial charge in [-0.25, -0.2) is 0 Å². The minimum absolute atomic E-state index is 0.451. The van der Waals surface area contributed by atoms with E-state index in [2.05, 4.69) is 23.2 Å². The summed E-state index contributed by atoms with van der Waals surface area (Å²) in [4.78, 5) is 2.51. The molecular weight excluding hydrogens is 255 g/mol. The summed E-state index contributed by atoms with van der Waals surface area (Å²) in [5.41, 5.74) is 1.27. The van der Waals surface area contributed by atoms with Gasteiger partial charge < -0.3 is 5.32 Å². The van der Waals surface area contributed by atoms with Gasteiger partial charge in [-0.15, -0.1) is 0 Å². The van der Waals surface area contributed by atoms with E-state index in [0.29, 0.717) is 16.1 Å². The lowest BCUT2D eigenvalue weighted by molar-refractivity contribution is 0.169. The van der Waals surface area contributed by atoms with E-state index in [1.807, 2.05) is 12.1 Å². The van der Waals surface area contributed by atoms with Crippen molar-refractivity contribution in [2.75, 3.05) is 26.2 Å². The number of nitrogens with one attached hydrogen (secondary N) is 1. The Morgan fingerprint density at radius 3 is 2.53 bits per heavy atom. The molecule has 0 aromatic heterocycles. The fourth-order valence-electron chi connectivity index (χ4n) is 2.42. The molecule has 0 unspecified atom stereocenters. The molecule has 2 nitrogen and oxygen atoms in total. The zero-order valence-corrected chi connectivity index (χ0v) is 11.6. The normalized spacial score (nSPS) is 19.2. The van der Waals surface area contributed by atoms with E-state index in [4.69, 9.17) is 23.2 Å². The lowest BCUT2D eigenvalue weighted by Gasteiger charge is -2.34. The number of piperazine rings is 1. The largest absolute Gasteiger partial charge is 0.314 e. The van der Waals surface area contributed by atoms with Crippen molar-refractivity contribution < 1.29 is 0 Å². The van der Waals surface area contributed by atoms with Gasteiger partial charge in [-0.05, 0) is 24.1 Å². The fourth-order valence-corrected chi connectivity index (χ4v) is 2.72. The van der Waals surface area contributed by atoms with Gasteiger partial charge in [0.15, 0.2) is 0 Å². The van der Waals surface area contributed by atoms with Gasteiger partial charge in [-0.2, -0.15) is 0 Å². The van der Waals surface area contributed by atoms with Crippen LogP contribution in [0.5, 0.6) is 0 Å². The van der Waals surface area contributed by atoms with Crippen LogP contribution in [0.3, 0.4) is 0 Å². The highest BCUT2D eigenvalue weighted by Gasteiger charge is 2.20. The molecule has 1 N–H and O–H groups in total. The molecule has 1 aliphatic rings. The van der Waals surface area contributed by atoms with Gasteiger partial charge in [0, 0.05) is 32.2 Å². The third kappa shape index (κ3) is 3.14. The van der Waals surface area contributed by atoms with Crippen LogP contribution in [0.25, 0.3) is 0 Å². The van der Waals surface area contributed by atoms with Crippen LogP contribution in [0.1, 0.15) is 24.9 Å². The zero-order chi connectivity index (χ0) is 12.3. The van der Waals surface area contributed by atoms with Crippen LogP contribution in [0.2, 0.25) is 10.0 Å². The summed E-state index contributed by atoms with van der Waals surface area (Å²) in [6.45, 7) is 6.54. The molecule has 1 heterocycles. The molecule has 0 spiro atoms. The molecule has 1 atom stereocenters. The van der Waals surface area contributed by atoms with E-state index in [1.54, 1.807) is 0 Å². The number of halogens is 2. The molecule has 1 fully saturated rings. The van der Waals surface area contributed by atoms with Crippen molar-refractivity contribution in [1.82, 2.24) is 10.2 Å². The maximum atomic E-state index is 6.09. The fraction of sp³-hybridized carbons (Fsp3) is 0.538. The Balaban J connectivity index is 2.18. The van der Waals surface area contributed by atoms with Gasteiger partial charge in [-0.1, -0.05) is 36.2 Å². The molecular formula is C13H18Cl2N2. The molecule has 0 amide bonds. The number of rotatable bonds is 3. The molecule has 0 saturated carbocycles. The molecule has 1 aliphatic heterocycles. The number of hydrogen-bond donors (Lipinski definition) is 1. The molecule has 1 aromatic carbocycles. The summed E-state index contributed by atoms with van der Waals surface area (Å²) >= 11 is 12.0. The van der Waals surface area contributed by atoms with E-state index in [0.717, 1.165) is 32.6 Å². The second kappa shape index (κ2) is 6.05. The minimum Gasteiger partial charge on any atom is -0.314 e. The molecule has 0 bridgehead atoms. The monoisotopic (exact) mass is 272 g/mol. The highest BCUT2D eigenvalue weighted by Crippen LogP contribution is 2.30. The standard InChI is InChI=1S/C13H18Cl2N2/c1-2-13(17-7-5-16-6-8-17)10-3-4-11(14)12(15)9-10/h3-4,9,13,16H,2,5-8H2,1H3/t13-/m0/s1. The van der Waals surface area contributed by atoms with Gasteiger partial charge in [0.1, 0.15) is 0 Å². The first-order valence-electron chi connectivity index (χ1n) is 6.12. The molecule has 2 rings (SSSR count). The van der Waals surface area contributed by atoms with Gasteiger partial charge in [0.25, 0.3) is 0 Å². The molecule has 94 valence electrons. The first-order chi connectivity index (χ1) is 8.22. The summed E-state index contributed by atoms with van der Waals surface area (Å²) in [7, 11) is 0. The Labute approximate surface area is 113 Å². The van der Waals surface area contributed by atoms with Crippen molar-refractivity contribution in [1.29, 1.82) is 0 Å². The Morgan fingerprint density at radius 1 is 1.24 bits per heavy atom. The van der Waals surface area contributed by atoms with Crippen molar-refractivity contribution in [2.24, 2.45) is 0 Å². The molecule has 1 aromatic rings. The summed E-state index contributed by atoms with van der Waals surface area (Å²) in [5.74, 6) is 0. The van der Waals surface area contributed by atoms with Gasteiger partial charge in [0.05, 0.1) is 10.0 Å². The van der Waals surface area contributed by atoms with E-state index in [-0.39, 0.29) is 0 Å². The first-order valence-corrected chi connectivity index (χ1v) is 6.87. The van der Waals surface area contributed by atoms with Crippen molar-refractivity contribution in [3.05, 3.63) is 33.8 Å². The molecule has 0 radical (unpaired) electrons. The number of benzene rings is 1. The summed E-state index contributed by atoms with van der Waals surface area (Å²) in [5, 5.41) is 4.66. The number of hydrogen-bond acceptors (Lipinski definition) is 2. The topological polar surface area (TPSA) is 15.3 Å². The van der Waals surface area contributed by atoms with Crippen LogP contribution in [0.4, 0.5) is 0 Å². The van der Waals surface area contributed by atoms with Crippen molar-refractivity contribution in [2.45, 2.75) is 19.4 Å². The summed E-state index contributed by atoms with van der Waals surface area (Å²) < 4.78 is 0. The van der Waals surface area contributed by atoms with Crippen molar-refractivity contribution >= 4 is 23.2 Å². The molecule has 0 aliphatic carbocycles. The summed E-state index contributed by atoms with van der Waals surface area (Å²) in [6.07, 6.45) is 1.10. The van der Waals surface area contributed by atoms with Crippen molar-refractivity contribution in [3.8, 4) is 0 Å². The Hall–Kier alpha value is -0.280. The maximum absolute atomic E-state index is 6.09. The quantitative estimate of drug-likeness (QED) is 0.908. The van der Waals surface area contributed by atoms with Crippen LogP contribution in [-0.4, -0.2) is 31.1 Å². The lowest BCUT2D eigenvalue weighted by Crippen LogP contribution is -2.45. The van der Waals surface area contributed by atoms with Crippen LogP contribution in [0.15, 0.2) is 18.2 Å². The van der Waals surface area contributed by atoms with Crippen LogP contribution in [0, 0.1) is 0 Å².